The Bertz CT molecular complexity index is 667. The maximum Gasteiger partial charge on any atom is 0.139 e. The number of carbonyl (C=O) groups excluding carboxylic acids is 1. The van der Waals surface area contributed by atoms with Crippen molar-refractivity contribution in [2.45, 2.75) is 64.0 Å². The summed E-state index contributed by atoms with van der Waals surface area (Å²) in [6.45, 7) is 2.24. The van der Waals surface area contributed by atoms with Crippen molar-refractivity contribution in [3.63, 3.8) is 0 Å². The van der Waals surface area contributed by atoms with Crippen LogP contribution >= 0.6 is 0 Å². The summed E-state index contributed by atoms with van der Waals surface area (Å²) in [6, 6.07) is 21.1. The molecule has 0 radical (unpaired) electrons. The topological polar surface area (TPSA) is 29.1 Å². The molecule has 3 atom stereocenters. The van der Waals surface area contributed by atoms with E-state index in [1.54, 1.807) is 0 Å². The monoisotopic (exact) mass is 349 g/mol. The lowest BCUT2D eigenvalue weighted by molar-refractivity contribution is -0.127. The second kappa shape index (κ2) is 9.68. The Balaban J connectivity index is 1.74. The van der Waals surface area contributed by atoms with Gasteiger partial charge in [-0.25, -0.2) is 0 Å². The first-order valence-electron chi connectivity index (χ1n) is 10.2. The Morgan fingerprint density at radius 2 is 1.46 bits per heavy atom. The van der Waals surface area contributed by atoms with Crippen molar-refractivity contribution in [2.24, 2.45) is 5.92 Å². The van der Waals surface area contributed by atoms with Gasteiger partial charge in [0, 0.05) is 24.4 Å². The van der Waals surface area contributed by atoms with Crippen molar-refractivity contribution in [2.75, 3.05) is 0 Å². The van der Waals surface area contributed by atoms with Crippen LogP contribution in [0.1, 0.15) is 75.1 Å². The number of benzene rings is 2. The van der Waals surface area contributed by atoms with Crippen LogP contribution in [-0.2, 0) is 4.79 Å². The van der Waals surface area contributed by atoms with Crippen LogP contribution in [0.5, 0.6) is 0 Å². The molecule has 1 aliphatic rings. The number of nitrogens with one attached hydrogen (secondary N) is 1. The van der Waals surface area contributed by atoms with Gasteiger partial charge in [0.05, 0.1) is 0 Å². The molecule has 0 amide bonds. The molecule has 0 aliphatic carbocycles. The van der Waals surface area contributed by atoms with E-state index in [2.05, 4.69) is 60.8 Å². The van der Waals surface area contributed by atoms with Gasteiger partial charge in [0.2, 0.25) is 0 Å². The van der Waals surface area contributed by atoms with Crippen molar-refractivity contribution < 1.29 is 4.79 Å². The molecule has 0 unspecified atom stereocenters. The molecule has 1 aliphatic heterocycles. The van der Waals surface area contributed by atoms with E-state index < -0.39 is 0 Å². The van der Waals surface area contributed by atoms with E-state index in [1.165, 1.54) is 36.8 Å². The lowest BCUT2D eigenvalue weighted by atomic mass is 9.78. The van der Waals surface area contributed by atoms with Crippen molar-refractivity contribution in [3.8, 4) is 0 Å². The van der Waals surface area contributed by atoms with Crippen molar-refractivity contribution in [1.82, 2.24) is 5.32 Å². The van der Waals surface area contributed by atoms with Gasteiger partial charge in [-0.15, -0.1) is 0 Å². The van der Waals surface area contributed by atoms with E-state index in [0.717, 1.165) is 12.8 Å². The molecule has 1 saturated heterocycles. The molecule has 2 nitrogen and oxygen atoms in total. The zero-order valence-corrected chi connectivity index (χ0v) is 15.9. The average molecular weight is 350 g/mol. The first kappa shape index (κ1) is 18.8. The van der Waals surface area contributed by atoms with E-state index >= 15 is 0 Å². The summed E-state index contributed by atoms with van der Waals surface area (Å²) in [4.78, 5) is 13.0. The Morgan fingerprint density at radius 1 is 0.846 bits per heavy atom. The number of Topliss-reactive ketones (excluding diaryl/α,β-unsaturated/α-hetero) is 1. The quantitative estimate of drug-likeness (QED) is 0.591. The largest absolute Gasteiger partial charge is 0.302 e. The molecule has 0 saturated carbocycles. The zero-order chi connectivity index (χ0) is 18.2. The van der Waals surface area contributed by atoms with Crippen LogP contribution in [0.25, 0.3) is 0 Å². The molecule has 138 valence electrons. The lowest BCUT2D eigenvalue weighted by Gasteiger charge is -2.37. The number of carbonyl (C=O) groups is 1. The Labute approximate surface area is 158 Å². The number of hydrogen-bond donors (Lipinski definition) is 1. The minimum atomic E-state index is 0.0963. The van der Waals surface area contributed by atoms with Gasteiger partial charge in [-0.3, -0.25) is 4.79 Å². The molecule has 26 heavy (non-hydrogen) atoms. The van der Waals surface area contributed by atoms with Crippen LogP contribution in [0.3, 0.4) is 0 Å². The van der Waals surface area contributed by atoms with Gasteiger partial charge in [0.25, 0.3) is 0 Å². The highest BCUT2D eigenvalue weighted by Gasteiger charge is 2.36. The Hall–Kier alpha value is -1.93. The van der Waals surface area contributed by atoms with E-state index in [1.807, 2.05) is 12.1 Å². The van der Waals surface area contributed by atoms with E-state index in [9.17, 15) is 4.79 Å². The summed E-state index contributed by atoms with van der Waals surface area (Å²) in [5.74, 6) is 0.515. The normalized spacial score (nSPS) is 23.1. The fourth-order valence-corrected chi connectivity index (χ4v) is 4.11. The minimum absolute atomic E-state index is 0.0963. The van der Waals surface area contributed by atoms with Crippen molar-refractivity contribution >= 4 is 5.78 Å². The Kier molecular flexibility index (Phi) is 7.02. The molecule has 0 spiro atoms. The number of ketones is 1. The highest BCUT2D eigenvalue weighted by Crippen LogP contribution is 2.37. The summed E-state index contributed by atoms with van der Waals surface area (Å²) >= 11 is 0. The molecule has 2 aromatic rings. The first-order valence-corrected chi connectivity index (χ1v) is 10.2. The maximum absolute atomic E-state index is 13.0. The van der Waals surface area contributed by atoms with E-state index in [4.69, 9.17) is 0 Å². The average Bonchev–Trinajstić information content (AvgIpc) is 2.70. The molecule has 1 heterocycles. The third-order valence-electron chi connectivity index (χ3n) is 5.58. The third-order valence-corrected chi connectivity index (χ3v) is 5.58. The zero-order valence-electron chi connectivity index (χ0n) is 15.9. The molecule has 2 aromatic carbocycles. The van der Waals surface area contributed by atoms with E-state index in [-0.39, 0.29) is 18.0 Å². The highest BCUT2D eigenvalue weighted by molar-refractivity contribution is 5.83. The predicted molar refractivity (Wildman–Crippen MR) is 108 cm³/mol. The van der Waals surface area contributed by atoms with Crippen molar-refractivity contribution in [1.29, 1.82) is 0 Å². The second-order valence-electron chi connectivity index (χ2n) is 7.50. The summed E-state index contributed by atoms with van der Waals surface area (Å²) in [6.07, 6.45) is 7.83. The molecule has 2 heteroatoms. The molecule has 0 bridgehead atoms. The first-order chi connectivity index (χ1) is 12.8. The Morgan fingerprint density at radius 3 is 2.12 bits per heavy atom. The van der Waals surface area contributed by atoms with Crippen LogP contribution in [0, 0.1) is 5.92 Å². The standard InChI is InChI=1S/C24H31NO/c1-2-3-4-5-12-17-21-23(26)18-22(19-13-8-6-9-14-19)25-24(21)20-15-10-7-11-16-20/h6-11,13-16,21-22,24-25H,2-5,12,17-18H2,1H3/t21-,22-,24-/m0/s1. The second-order valence-corrected chi connectivity index (χ2v) is 7.50. The number of rotatable bonds is 8. The van der Waals surface area contributed by atoms with Crippen molar-refractivity contribution in [3.05, 3.63) is 71.8 Å². The molecular formula is C24H31NO. The summed E-state index contributed by atoms with van der Waals surface area (Å²) < 4.78 is 0. The van der Waals surface area contributed by atoms with Gasteiger partial charge in [0.1, 0.15) is 5.78 Å². The highest BCUT2D eigenvalue weighted by atomic mass is 16.1. The summed E-state index contributed by atoms with van der Waals surface area (Å²) in [5, 5.41) is 3.80. The number of hydrogen-bond acceptors (Lipinski definition) is 2. The fraction of sp³-hybridized carbons (Fsp3) is 0.458. The number of unbranched alkanes of at least 4 members (excludes halogenated alkanes) is 4. The number of piperidine rings is 1. The fourth-order valence-electron chi connectivity index (χ4n) is 4.11. The van der Waals surface area contributed by atoms with Crippen LogP contribution in [-0.4, -0.2) is 5.78 Å². The molecule has 0 aromatic heterocycles. The predicted octanol–water partition coefficient (Wildman–Crippen LogP) is 6.01. The summed E-state index contributed by atoms with van der Waals surface area (Å²) in [7, 11) is 0. The molecule has 1 N–H and O–H groups in total. The van der Waals surface area contributed by atoms with Gasteiger partial charge >= 0.3 is 0 Å². The minimum Gasteiger partial charge on any atom is -0.302 e. The van der Waals surface area contributed by atoms with Gasteiger partial charge < -0.3 is 5.32 Å². The SMILES string of the molecule is CCCCCCC[C@H]1C(=O)C[C@@H](c2ccccc2)N[C@H]1c1ccccc1. The van der Waals surface area contributed by atoms with Crippen LogP contribution < -0.4 is 5.32 Å². The summed E-state index contributed by atoms with van der Waals surface area (Å²) in [5.41, 5.74) is 2.45. The van der Waals surface area contributed by atoms with Gasteiger partial charge in [-0.2, -0.15) is 0 Å². The van der Waals surface area contributed by atoms with Crippen LogP contribution in [0.4, 0.5) is 0 Å². The lowest BCUT2D eigenvalue weighted by Crippen LogP contribution is -2.42. The molecule has 3 rings (SSSR count). The molecule has 1 fully saturated rings. The van der Waals surface area contributed by atoms with E-state index in [0.29, 0.717) is 12.2 Å². The smallest absolute Gasteiger partial charge is 0.139 e. The van der Waals surface area contributed by atoms with Gasteiger partial charge in [-0.05, 0) is 17.5 Å². The van der Waals surface area contributed by atoms with Crippen LogP contribution in [0.15, 0.2) is 60.7 Å². The van der Waals surface area contributed by atoms with Crippen LogP contribution in [0.2, 0.25) is 0 Å². The van der Waals surface area contributed by atoms with Gasteiger partial charge in [-0.1, -0.05) is 99.7 Å². The maximum atomic E-state index is 13.0. The molecular weight excluding hydrogens is 318 g/mol. The third kappa shape index (κ3) is 4.82. The van der Waals surface area contributed by atoms with Gasteiger partial charge in [0.15, 0.2) is 0 Å².